The van der Waals surface area contributed by atoms with Crippen molar-refractivity contribution in [2.75, 3.05) is 20.3 Å². The summed E-state index contributed by atoms with van der Waals surface area (Å²) in [7, 11) is 1.42. The third-order valence-corrected chi connectivity index (χ3v) is 8.79. The summed E-state index contributed by atoms with van der Waals surface area (Å²) in [6, 6.07) is 0. The lowest BCUT2D eigenvalue weighted by Crippen LogP contribution is -2.83. The van der Waals surface area contributed by atoms with Gasteiger partial charge in [-0.05, 0) is 42.6 Å². The lowest BCUT2D eigenvalue weighted by Gasteiger charge is -2.71. The lowest BCUT2D eigenvalue weighted by molar-refractivity contribution is -0.422. The van der Waals surface area contributed by atoms with Crippen LogP contribution in [0.1, 0.15) is 33.1 Å². The van der Waals surface area contributed by atoms with E-state index in [0.29, 0.717) is 12.8 Å². The van der Waals surface area contributed by atoms with Gasteiger partial charge in [0.2, 0.25) is 5.79 Å². The molecule has 154 valence electrons. The van der Waals surface area contributed by atoms with Crippen LogP contribution < -0.4 is 0 Å². The summed E-state index contributed by atoms with van der Waals surface area (Å²) >= 11 is 0. The van der Waals surface area contributed by atoms with Crippen LogP contribution in [0.4, 0.5) is 0 Å². The zero-order chi connectivity index (χ0) is 20.3. The molecule has 7 nitrogen and oxygen atoms in total. The summed E-state index contributed by atoms with van der Waals surface area (Å²) in [6.45, 7) is 3.68. The number of Topliss-reactive ketones (excluding diaryl/α,β-unsaturated/α-hetero) is 1. The first kappa shape index (κ1) is 18.9. The van der Waals surface area contributed by atoms with E-state index in [9.17, 15) is 24.9 Å². The van der Waals surface area contributed by atoms with Crippen molar-refractivity contribution in [2.24, 2.45) is 34.0 Å². The number of carbonyl (C=O) groups excluding carboxylic acids is 2. The number of allylic oxidation sites excluding steroid dienone is 2. The molecule has 8 atom stereocenters. The monoisotopic (exact) mass is 392 g/mol. The molecule has 0 aromatic heterocycles. The molecule has 6 aliphatic rings. The molecule has 0 aromatic carbocycles. The number of hydrogen-bond donors (Lipinski definition) is 3. The van der Waals surface area contributed by atoms with Gasteiger partial charge in [-0.1, -0.05) is 19.9 Å². The second-order valence-corrected chi connectivity index (χ2v) is 10.2. The zero-order valence-electron chi connectivity index (χ0n) is 16.5. The number of carbonyl (C=O) groups is 2. The third-order valence-electron chi connectivity index (χ3n) is 8.79. The minimum absolute atomic E-state index is 0.0229. The molecule has 6 rings (SSSR count). The summed E-state index contributed by atoms with van der Waals surface area (Å²) in [4.78, 5) is 27.0. The fourth-order valence-electron chi connectivity index (χ4n) is 7.78. The van der Waals surface area contributed by atoms with Crippen LogP contribution in [0.15, 0.2) is 12.2 Å². The van der Waals surface area contributed by atoms with E-state index in [4.69, 9.17) is 9.47 Å². The molecule has 5 fully saturated rings. The molecule has 28 heavy (non-hydrogen) atoms. The van der Waals surface area contributed by atoms with E-state index in [1.54, 1.807) is 12.2 Å². The van der Waals surface area contributed by atoms with E-state index in [1.165, 1.54) is 7.11 Å². The van der Waals surface area contributed by atoms with Gasteiger partial charge in [-0.15, -0.1) is 0 Å². The number of fused-ring (bicyclic) bond motifs is 2. The minimum Gasteiger partial charge on any atom is -0.387 e. The Morgan fingerprint density at radius 2 is 1.96 bits per heavy atom. The predicted octanol–water partition coefficient (Wildman–Crippen LogP) is 0.210. The van der Waals surface area contributed by atoms with Gasteiger partial charge in [-0.25, -0.2) is 0 Å². The molecule has 3 saturated carbocycles. The summed E-state index contributed by atoms with van der Waals surface area (Å²) < 4.78 is 11.0. The Bertz CT molecular complexity index is 805. The molecule has 2 saturated heterocycles. The van der Waals surface area contributed by atoms with Crippen LogP contribution in [0.3, 0.4) is 0 Å². The van der Waals surface area contributed by atoms with Gasteiger partial charge in [0.25, 0.3) is 0 Å². The molecule has 4 bridgehead atoms. The van der Waals surface area contributed by atoms with Crippen LogP contribution in [0.2, 0.25) is 0 Å². The van der Waals surface area contributed by atoms with E-state index in [0.717, 1.165) is 0 Å². The number of ketones is 2. The maximum atomic E-state index is 13.7. The van der Waals surface area contributed by atoms with Gasteiger partial charge in [0.05, 0.1) is 24.0 Å². The third kappa shape index (κ3) is 1.64. The molecular formula is C21H28O7. The largest absolute Gasteiger partial charge is 0.387 e. The van der Waals surface area contributed by atoms with Crippen LogP contribution in [0.25, 0.3) is 0 Å². The van der Waals surface area contributed by atoms with Crippen molar-refractivity contribution in [3.05, 3.63) is 12.2 Å². The molecule has 0 unspecified atom stereocenters. The Labute approximate surface area is 163 Å². The predicted molar refractivity (Wildman–Crippen MR) is 95.9 cm³/mol. The van der Waals surface area contributed by atoms with Crippen LogP contribution in [0.5, 0.6) is 0 Å². The number of hydrogen-bond acceptors (Lipinski definition) is 7. The molecule has 2 heterocycles. The number of aliphatic hydroxyl groups is 3. The topological polar surface area (TPSA) is 113 Å². The second kappa shape index (κ2) is 5.13. The molecular weight excluding hydrogens is 364 g/mol. The van der Waals surface area contributed by atoms with Crippen LogP contribution in [0, 0.1) is 34.0 Å². The smallest absolute Gasteiger partial charge is 0.205 e. The van der Waals surface area contributed by atoms with Gasteiger partial charge in [0, 0.05) is 13.0 Å². The van der Waals surface area contributed by atoms with E-state index in [2.05, 4.69) is 0 Å². The van der Waals surface area contributed by atoms with Crippen molar-refractivity contribution in [3.8, 4) is 0 Å². The van der Waals surface area contributed by atoms with Gasteiger partial charge >= 0.3 is 0 Å². The summed E-state index contributed by atoms with van der Waals surface area (Å²) in [6.07, 6.45) is 3.20. The van der Waals surface area contributed by atoms with Gasteiger partial charge in [-0.2, -0.15) is 0 Å². The van der Waals surface area contributed by atoms with Crippen molar-refractivity contribution < 1.29 is 34.4 Å². The maximum Gasteiger partial charge on any atom is 0.205 e. The van der Waals surface area contributed by atoms with Gasteiger partial charge in [0.1, 0.15) is 11.7 Å². The second-order valence-electron chi connectivity index (χ2n) is 10.2. The highest BCUT2D eigenvalue weighted by atomic mass is 16.6. The van der Waals surface area contributed by atoms with E-state index >= 15 is 0 Å². The van der Waals surface area contributed by atoms with Crippen LogP contribution in [-0.2, 0) is 19.1 Å². The Morgan fingerprint density at radius 3 is 2.64 bits per heavy atom. The lowest BCUT2D eigenvalue weighted by atomic mass is 9.37. The van der Waals surface area contributed by atoms with Crippen molar-refractivity contribution >= 4 is 11.6 Å². The maximum absolute atomic E-state index is 13.7. The molecule has 0 amide bonds. The Balaban J connectivity index is 1.77. The molecule has 2 spiro atoms. The summed E-state index contributed by atoms with van der Waals surface area (Å²) in [5.74, 6) is -4.27. The Morgan fingerprint density at radius 1 is 1.25 bits per heavy atom. The van der Waals surface area contributed by atoms with Crippen molar-refractivity contribution in [1.29, 1.82) is 0 Å². The fourth-order valence-corrected chi connectivity index (χ4v) is 7.78. The number of aliphatic hydroxyl groups excluding tert-OH is 1. The summed E-state index contributed by atoms with van der Waals surface area (Å²) in [5, 5.41) is 34.3. The van der Waals surface area contributed by atoms with E-state index < -0.39 is 57.3 Å². The Kier molecular flexibility index (Phi) is 3.46. The molecule has 3 N–H and O–H groups in total. The van der Waals surface area contributed by atoms with Crippen LogP contribution in [-0.4, -0.2) is 64.7 Å². The zero-order valence-corrected chi connectivity index (χ0v) is 16.5. The quantitative estimate of drug-likeness (QED) is 0.616. The van der Waals surface area contributed by atoms with Crippen molar-refractivity contribution in [1.82, 2.24) is 0 Å². The highest BCUT2D eigenvalue weighted by molar-refractivity contribution is 6.02. The molecule has 7 heteroatoms. The number of rotatable bonds is 2. The number of methoxy groups -OCH3 is 1. The first-order valence-electron chi connectivity index (χ1n) is 10.1. The standard InChI is InChI=1S/C21H28O7/c1-17(2)7-6-13(22)18-9-28-21(26,15(23)14(17)18)19-8-11(4-5-12(18)19)20(25,10-27-3)16(19)24/h6-7,11-12,14-15,23,25-26H,4-5,8-10H2,1-3H3/t11-,12+,14-,15+,18-,19+,20+,21-/m1/s1. The average molecular weight is 392 g/mol. The first-order valence-corrected chi connectivity index (χ1v) is 10.1. The fraction of sp³-hybridized carbons (Fsp3) is 0.810. The van der Waals surface area contributed by atoms with Gasteiger partial charge < -0.3 is 24.8 Å². The molecule has 4 aliphatic carbocycles. The van der Waals surface area contributed by atoms with Gasteiger partial charge in [-0.3, -0.25) is 9.59 Å². The minimum atomic E-state index is -2.12. The molecule has 2 aliphatic heterocycles. The highest BCUT2D eigenvalue weighted by Gasteiger charge is 2.86. The molecule has 0 radical (unpaired) electrons. The van der Waals surface area contributed by atoms with Crippen molar-refractivity contribution in [3.63, 3.8) is 0 Å². The van der Waals surface area contributed by atoms with Crippen LogP contribution >= 0.6 is 0 Å². The van der Waals surface area contributed by atoms with E-state index in [1.807, 2.05) is 13.8 Å². The van der Waals surface area contributed by atoms with Gasteiger partial charge in [0.15, 0.2) is 11.6 Å². The number of ether oxygens (including phenoxy) is 2. The highest BCUT2D eigenvalue weighted by Crippen LogP contribution is 2.75. The Hall–Kier alpha value is -1.12. The first-order chi connectivity index (χ1) is 13.0. The summed E-state index contributed by atoms with van der Waals surface area (Å²) in [5.41, 5.74) is -4.88. The van der Waals surface area contributed by atoms with Crippen molar-refractivity contribution in [2.45, 2.75) is 50.6 Å². The average Bonchev–Trinajstić information content (AvgIpc) is 2.80. The normalized spacial score (nSPS) is 55.9. The van der Waals surface area contributed by atoms with E-state index in [-0.39, 0.29) is 25.4 Å². The molecule has 0 aromatic rings. The SMILES string of the molecule is COC[C@@]1(O)C(=O)[C@]23C[C@H]1CC[C@H]2[C@@]12CO[C@]3(O)[C@@H](O)[C@@H]1C(C)(C)C=CC2=O.